The van der Waals surface area contributed by atoms with Crippen molar-refractivity contribution in [2.75, 3.05) is 19.3 Å². The molecular formula is C18H25IN4O2S. The van der Waals surface area contributed by atoms with Gasteiger partial charge in [0.2, 0.25) is 10.0 Å². The molecule has 0 bridgehead atoms. The van der Waals surface area contributed by atoms with Crippen molar-refractivity contribution >= 4 is 40.0 Å². The predicted molar refractivity (Wildman–Crippen MR) is 117 cm³/mol. The molecule has 0 fully saturated rings. The average Bonchev–Trinajstić information content (AvgIpc) is 2.64. The number of hydrogen-bond donors (Lipinski definition) is 3. The predicted octanol–water partition coefficient (Wildman–Crippen LogP) is 2.09. The number of rotatable bonds is 8. The van der Waals surface area contributed by atoms with Gasteiger partial charge in [-0.25, -0.2) is 13.1 Å². The molecule has 0 amide bonds. The molecule has 2 aromatic rings. The fourth-order valence-electron chi connectivity index (χ4n) is 2.17. The number of aliphatic imine (C=N–C) groups is 1. The molecule has 2 aromatic carbocycles. The number of sulfonamides is 1. The zero-order chi connectivity index (χ0) is 18.0. The van der Waals surface area contributed by atoms with E-state index in [4.69, 9.17) is 0 Å². The molecule has 0 aliphatic heterocycles. The Labute approximate surface area is 172 Å². The van der Waals surface area contributed by atoms with Gasteiger partial charge in [-0.15, -0.1) is 24.0 Å². The summed E-state index contributed by atoms with van der Waals surface area (Å²) in [6.45, 7) is 1.20. The van der Waals surface area contributed by atoms with Crippen molar-refractivity contribution in [3.05, 3.63) is 71.8 Å². The molecule has 0 unspecified atom stereocenters. The third-order valence-corrected chi connectivity index (χ3v) is 4.85. The van der Waals surface area contributed by atoms with E-state index in [1.807, 2.05) is 60.7 Å². The molecule has 8 heteroatoms. The Balaban J connectivity index is 0.00000338. The van der Waals surface area contributed by atoms with E-state index in [1.165, 1.54) is 0 Å². The summed E-state index contributed by atoms with van der Waals surface area (Å²) in [7, 11) is -1.69. The zero-order valence-corrected chi connectivity index (χ0v) is 17.8. The maximum Gasteiger partial charge on any atom is 0.213 e. The smallest absolute Gasteiger partial charge is 0.213 e. The van der Waals surface area contributed by atoms with Crippen LogP contribution in [0.3, 0.4) is 0 Å². The molecule has 0 aromatic heterocycles. The SMILES string of the molecule is CN=C(NCCS(=O)(=O)NCc1ccccc1)NCc1ccccc1.I. The lowest BCUT2D eigenvalue weighted by atomic mass is 10.2. The van der Waals surface area contributed by atoms with Gasteiger partial charge in [0.1, 0.15) is 0 Å². The van der Waals surface area contributed by atoms with E-state index in [0.717, 1.165) is 11.1 Å². The monoisotopic (exact) mass is 488 g/mol. The van der Waals surface area contributed by atoms with Crippen LogP contribution in [-0.2, 0) is 23.1 Å². The van der Waals surface area contributed by atoms with E-state index in [1.54, 1.807) is 7.05 Å². The highest BCUT2D eigenvalue weighted by atomic mass is 127. The first-order valence-corrected chi connectivity index (χ1v) is 9.74. The van der Waals surface area contributed by atoms with Crippen LogP contribution in [0.5, 0.6) is 0 Å². The fraction of sp³-hybridized carbons (Fsp3) is 0.278. The van der Waals surface area contributed by atoms with Crippen LogP contribution in [0.1, 0.15) is 11.1 Å². The maximum atomic E-state index is 12.0. The molecule has 0 saturated heterocycles. The van der Waals surface area contributed by atoms with Gasteiger partial charge >= 0.3 is 0 Å². The Kier molecular flexibility index (Phi) is 10.2. The van der Waals surface area contributed by atoms with Crippen LogP contribution in [0.15, 0.2) is 65.7 Å². The molecule has 142 valence electrons. The van der Waals surface area contributed by atoms with Crippen LogP contribution in [-0.4, -0.2) is 33.7 Å². The minimum Gasteiger partial charge on any atom is -0.355 e. The molecule has 0 spiro atoms. The highest BCUT2D eigenvalue weighted by molar-refractivity contribution is 14.0. The Morgan fingerprint density at radius 1 is 0.885 bits per heavy atom. The first kappa shape index (κ1) is 22.4. The standard InChI is InChI=1S/C18H24N4O2S.HI/c1-19-18(21-14-16-8-4-2-5-9-16)20-12-13-25(23,24)22-15-17-10-6-3-7-11-17;/h2-11,22H,12-15H2,1H3,(H2,19,20,21);1H. The normalized spacial score (nSPS) is 11.5. The largest absolute Gasteiger partial charge is 0.355 e. The van der Waals surface area contributed by atoms with Crippen molar-refractivity contribution in [1.82, 2.24) is 15.4 Å². The molecule has 26 heavy (non-hydrogen) atoms. The van der Waals surface area contributed by atoms with Crippen molar-refractivity contribution in [2.24, 2.45) is 4.99 Å². The van der Waals surface area contributed by atoms with E-state index >= 15 is 0 Å². The minimum atomic E-state index is -3.35. The van der Waals surface area contributed by atoms with Gasteiger partial charge in [-0.2, -0.15) is 0 Å². The van der Waals surface area contributed by atoms with Crippen LogP contribution in [0.4, 0.5) is 0 Å². The fourth-order valence-corrected chi connectivity index (χ4v) is 3.07. The van der Waals surface area contributed by atoms with Gasteiger partial charge < -0.3 is 10.6 Å². The highest BCUT2D eigenvalue weighted by Gasteiger charge is 2.10. The van der Waals surface area contributed by atoms with Gasteiger partial charge in [0.15, 0.2) is 5.96 Å². The molecule has 3 N–H and O–H groups in total. The molecule has 0 aliphatic carbocycles. The number of guanidine groups is 1. The minimum absolute atomic E-state index is 0. The van der Waals surface area contributed by atoms with E-state index in [-0.39, 0.29) is 36.3 Å². The second kappa shape index (κ2) is 11.9. The summed E-state index contributed by atoms with van der Waals surface area (Å²) < 4.78 is 26.7. The van der Waals surface area contributed by atoms with Gasteiger partial charge in [-0.05, 0) is 11.1 Å². The second-order valence-electron chi connectivity index (χ2n) is 5.46. The van der Waals surface area contributed by atoms with Crippen LogP contribution in [0, 0.1) is 0 Å². The molecule has 0 aliphatic rings. The highest BCUT2D eigenvalue weighted by Crippen LogP contribution is 1.99. The molecule has 0 saturated carbocycles. The Morgan fingerprint density at radius 2 is 1.42 bits per heavy atom. The molecular weight excluding hydrogens is 463 g/mol. The number of benzene rings is 2. The van der Waals surface area contributed by atoms with Gasteiger partial charge in [-0.3, -0.25) is 4.99 Å². The molecule has 2 rings (SSSR count). The van der Waals surface area contributed by atoms with Gasteiger partial charge in [0, 0.05) is 26.7 Å². The molecule has 0 atom stereocenters. The lowest BCUT2D eigenvalue weighted by Crippen LogP contribution is -2.40. The summed E-state index contributed by atoms with van der Waals surface area (Å²) >= 11 is 0. The van der Waals surface area contributed by atoms with E-state index in [2.05, 4.69) is 20.3 Å². The zero-order valence-electron chi connectivity index (χ0n) is 14.7. The van der Waals surface area contributed by atoms with Crippen molar-refractivity contribution in [3.8, 4) is 0 Å². The summed E-state index contributed by atoms with van der Waals surface area (Å²) in [6, 6.07) is 19.4. The van der Waals surface area contributed by atoms with E-state index in [9.17, 15) is 8.42 Å². The van der Waals surface area contributed by atoms with E-state index in [0.29, 0.717) is 19.0 Å². The lowest BCUT2D eigenvalue weighted by Gasteiger charge is -2.12. The number of nitrogens with zero attached hydrogens (tertiary/aromatic N) is 1. The Bertz CT molecular complexity index is 768. The van der Waals surface area contributed by atoms with Crippen molar-refractivity contribution < 1.29 is 8.42 Å². The number of hydrogen-bond acceptors (Lipinski definition) is 3. The van der Waals surface area contributed by atoms with Crippen LogP contribution in [0.25, 0.3) is 0 Å². The summed E-state index contributed by atoms with van der Waals surface area (Å²) in [4.78, 5) is 4.10. The molecule has 6 nitrogen and oxygen atoms in total. The van der Waals surface area contributed by atoms with Crippen LogP contribution >= 0.6 is 24.0 Å². The summed E-state index contributed by atoms with van der Waals surface area (Å²) in [5.41, 5.74) is 2.06. The average molecular weight is 488 g/mol. The third kappa shape index (κ3) is 8.63. The summed E-state index contributed by atoms with van der Waals surface area (Å²) in [5.74, 6) is 0.549. The lowest BCUT2D eigenvalue weighted by molar-refractivity contribution is 0.580. The van der Waals surface area contributed by atoms with E-state index < -0.39 is 10.0 Å². The number of nitrogens with one attached hydrogen (secondary N) is 3. The molecule has 0 heterocycles. The van der Waals surface area contributed by atoms with Gasteiger partial charge in [0.05, 0.1) is 5.75 Å². The first-order valence-electron chi connectivity index (χ1n) is 8.09. The summed E-state index contributed by atoms with van der Waals surface area (Å²) in [6.07, 6.45) is 0. The van der Waals surface area contributed by atoms with Crippen molar-refractivity contribution in [2.45, 2.75) is 13.1 Å². The quantitative estimate of drug-likeness (QED) is 0.302. The molecule has 0 radical (unpaired) electrons. The van der Waals surface area contributed by atoms with Crippen LogP contribution < -0.4 is 15.4 Å². The van der Waals surface area contributed by atoms with Crippen molar-refractivity contribution in [3.63, 3.8) is 0 Å². The van der Waals surface area contributed by atoms with Crippen LogP contribution in [0.2, 0.25) is 0 Å². The van der Waals surface area contributed by atoms with Gasteiger partial charge in [-0.1, -0.05) is 60.7 Å². The Morgan fingerprint density at radius 3 is 1.96 bits per heavy atom. The van der Waals surface area contributed by atoms with Gasteiger partial charge in [0.25, 0.3) is 0 Å². The maximum absolute atomic E-state index is 12.0. The third-order valence-electron chi connectivity index (χ3n) is 3.53. The first-order chi connectivity index (χ1) is 12.1. The Hall–Kier alpha value is -1.65. The van der Waals surface area contributed by atoms with Crippen molar-refractivity contribution in [1.29, 1.82) is 0 Å². The summed E-state index contributed by atoms with van der Waals surface area (Å²) in [5, 5.41) is 6.17. The number of halogens is 1. The second-order valence-corrected chi connectivity index (χ2v) is 7.39. The topological polar surface area (TPSA) is 82.6 Å².